The molecule has 1 atom stereocenters. The zero-order chi connectivity index (χ0) is 19.7. The number of aromatic nitrogens is 3. The van der Waals surface area contributed by atoms with Gasteiger partial charge in [-0.1, -0.05) is 12.2 Å². The van der Waals surface area contributed by atoms with Gasteiger partial charge in [-0.2, -0.15) is 9.61 Å². The maximum atomic E-state index is 11.8. The Bertz CT molecular complexity index is 1090. The van der Waals surface area contributed by atoms with Crippen molar-refractivity contribution in [1.82, 2.24) is 19.9 Å². The fourth-order valence-corrected chi connectivity index (χ4v) is 4.55. The topological polar surface area (TPSA) is 88.4 Å². The number of halogens is 1. The summed E-state index contributed by atoms with van der Waals surface area (Å²) in [5, 5.41) is 11.2. The Morgan fingerprint density at radius 1 is 1.32 bits per heavy atom. The molecule has 28 heavy (non-hydrogen) atoms. The lowest BCUT2D eigenvalue weighted by atomic mass is 9.96. The van der Waals surface area contributed by atoms with Gasteiger partial charge in [0, 0.05) is 30.5 Å². The van der Waals surface area contributed by atoms with E-state index in [9.17, 15) is 8.42 Å². The molecule has 1 aliphatic heterocycles. The van der Waals surface area contributed by atoms with Crippen LogP contribution in [0.15, 0.2) is 51.6 Å². The van der Waals surface area contributed by atoms with Crippen molar-refractivity contribution < 1.29 is 8.42 Å². The summed E-state index contributed by atoms with van der Waals surface area (Å²) in [4.78, 5) is 5.15. The number of piperidine rings is 1. The Labute approximate surface area is 172 Å². The molecule has 0 saturated carbocycles. The van der Waals surface area contributed by atoms with Gasteiger partial charge in [-0.05, 0) is 53.9 Å². The quantitative estimate of drug-likeness (QED) is 0.723. The summed E-state index contributed by atoms with van der Waals surface area (Å²) in [5.41, 5.74) is 2.61. The minimum absolute atomic E-state index is 0.330. The first-order chi connectivity index (χ1) is 13.4. The van der Waals surface area contributed by atoms with Crippen molar-refractivity contribution in [3.63, 3.8) is 0 Å². The SMILES string of the molecule is CS(=O)(=O)C1=CCC=C(Nc2cc(C3CCCNC3)nc3c(Br)cnn23)C=C1. The highest BCUT2D eigenvalue weighted by Crippen LogP contribution is 2.28. The van der Waals surface area contributed by atoms with E-state index in [-0.39, 0.29) is 0 Å². The first-order valence-electron chi connectivity index (χ1n) is 9.22. The molecular weight excluding hydrogens is 442 g/mol. The molecule has 1 fully saturated rings. The van der Waals surface area contributed by atoms with E-state index in [0.717, 1.165) is 53.3 Å². The summed E-state index contributed by atoms with van der Waals surface area (Å²) < 4.78 is 26.2. The Morgan fingerprint density at radius 2 is 2.18 bits per heavy atom. The van der Waals surface area contributed by atoms with Crippen molar-refractivity contribution in [1.29, 1.82) is 0 Å². The van der Waals surface area contributed by atoms with Crippen LogP contribution in [0.1, 0.15) is 30.9 Å². The fraction of sp³-hybridized carbons (Fsp3) is 0.368. The third kappa shape index (κ3) is 4.06. The molecule has 7 nitrogen and oxygen atoms in total. The number of fused-ring (bicyclic) bond motifs is 1. The largest absolute Gasteiger partial charge is 0.340 e. The Kier molecular flexibility index (Phi) is 5.39. The minimum atomic E-state index is -3.23. The third-order valence-corrected chi connectivity index (χ3v) is 6.67. The number of nitrogens with one attached hydrogen (secondary N) is 2. The van der Waals surface area contributed by atoms with Crippen molar-refractivity contribution in [2.75, 3.05) is 24.7 Å². The molecule has 1 saturated heterocycles. The molecule has 148 valence electrons. The van der Waals surface area contributed by atoms with Gasteiger partial charge in [0.2, 0.25) is 0 Å². The van der Waals surface area contributed by atoms with Crippen molar-refractivity contribution in [3.05, 3.63) is 57.3 Å². The minimum Gasteiger partial charge on any atom is -0.340 e. The van der Waals surface area contributed by atoms with Crippen LogP contribution in [0.25, 0.3) is 5.65 Å². The molecule has 1 aliphatic carbocycles. The van der Waals surface area contributed by atoms with Gasteiger partial charge in [0.1, 0.15) is 5.82 Å². The molecule has 2 N–H and O–H groups in total. The summed E-state index contributed by atoms with van der Waals surface area (Å²) in [5.74, 6) is 1.16. The van der Waals surface area contributed by atoms with Crippen LogP contribution in [0.3, 0.4) is 0 Å². The molecule has 1 unspecified atom stereocenters. The van der Waals surface area contributed by atoms with Gasteiger partial charge in [-0.25, -0.2) is 13.4 Å². The predicted molar refractivity (Wildman–Crippen MR) is 114 cm³/mol. The molecule has 2 aromatic heterocycles. The second-order valence-corrected chi connectivity index (χ2v) is 9.94. The van der Waals surface area contributed by atoms with Gasteiger partial charge in [-0.3, -0.25) is 0 Å². The number of sulfone groups is 1. The maximum absolute atomic E-state index is 11.8. The highest BCUT2D eigenvalue weighted by atomic mass is 79.9. The molecule has 0 spiro atoms. The lowest BCUT2D eigenvalue weighted by Gasteiger charge is -2.23. The Balaban J connectivity index is 1.67. The average molecular weight is 464 g/mol. The second kappa shape index (κ2) is 7.81. The summed E-state index contributed by atoms with van der Waals surface area (Å²) in [7, 11) is -3.23. The normalized spacial score (nSPS) is 20.6. The van der Waals surface area contributed by atoms with Crippen LogP contribution in [0.4, 0.5) is 5.82 Å². The van der Waals surface area contributed by atoms with Crippen LogP contribution < -0.4 is 10.6 Å². The summed E-state index contributed by atoms with van der Waals surface area (Å²) in [6.07, 6.45) is 12.8. The summed E-state index contributed by atoms with van der Waals surface area (Å²) in [6.45, 7) is 1.96. The highest BCUT2D eigenvalue weighted by Gasteiger charge is 2.20. The fourth-order valence-electron chi connectivity index (χ4n) is 3.48. The van der Waals surface area contributed by atoms with Gasteiger partial charge >= 0.3 is 0 Å². The monoisotopic (exact) mass is 463 g/mol. The number of allylic oxidation sites excluding steroid dienone is 4. The van der Waals surface area contributed by atoms with Crippen LogP contribution in [-0.4, -0.2) is 42.4 Å². The van der Waals surface area contributed by atoms with E-state index in [0.29, 0.717) is 17.2 Å². The van der Waals surface area contributed by atoms with E-state index in [4.69, 9.17) is 4.98 Å². The zero-order valence-corrected chi connectivity index (χ0v) is 17.9. The van der Waals surface area contributed by atoms with Gasteiger partial charge < -0.3 is 10.6 Å². The van der Waals surface area contributed by atoms with Crippen molar-refractivity contribution in [3.8, 4) is 0 Å². The van der Waals surface area contributed by atoms with Gasteiger partial charge in [0.05, 0.1) is 21.3 Å². The summed E-state index contributed by atoms with van der Waals surface area (Å²) in [6, 6.07) is 2.04. The molecule has 3 heterocycles. The predicted octanol–water partition coefficient (Wildman–Crippen LogP) is 3.14. The average Bonchev–Trinajstić information content (AvgIpc) is 2.89. The number of hydrogen-bond donors (Lipinski definition) is 2. The smallest absolute Gasteiger partial charge is 0.175 e. The Morgan fingerprint density at radius 3 is 2.93 bits per heavy atom. The van der Waals surface area contributed by atoms with Crippen LogP contribution in [0, 0.1) is 0 Å². The van der Waals surface area contributed by atoms with Crippen molar-refractivity contribution in [2.24, 2.45) is 0 Å². The second-order valence-electron chi connectivity index (χ2n) is 7.07. The van der Waals surface area contributed by atoms with Crippen molar-refractivity contribution >= 4 is 37.2 Å². The third-order valence-electron chi connectivity index (χ3n) is 4.95. The van der Waals surface area contributed by atoms with E-state index in [2.05, 4.69) is 31.7 Å². The molecule has 0 aromatic carbocycles. The highest BCUT2D eigenvalue weighted by molar-refractivity contribution is 9.10. The first-order valence-corrected chi connectivity index (χ1v) is 11.9. The van der Waals surface area contributed by atoms with E-state index in [1.165, 1.54) is 6.26 Å². The van der Waals surface area contributed by atoms with Crippen molar-refractivity contribution in [2.45, 2.75) is 25.2 Å². The standard InChI is InChI=1S/C19H22BrN5O2S/c1-28(26,27)15-6-2-5-14(7-8-15)23-18-10-17(13-4-3-9-21-11-13)24-19-16(20)12-22-25(18)19/h5-8,10,12-13,21,23H,2-4,9,11H2,1H3. The van der Waals surface area contributed by atoms with Gasteiger partial charge in [0.25, 0.3) is 0 Å². The Hall–Kier alpha value is -1.97. The lowest BCUT2D eigenvalue weighted by Crippen LogP contribution is -2.29. The number of anilines is 1. The van der Waals surface area contributed by atoms with E-state index < -0.39 is 9.84 Å². The number of nitrogens with zero attached hydrogens (tertiary/aromatic N) is 3. The van der Waals surface area contributed by atoms with Gasteiger partial charge in [-0.15, -0.1) is 0 Å². The molecule has 4 rings (SSSR count). The van der Waals surface area contributed by atoms with Crippen LogP contribution >= 0.6 is 15.9 Å². The maximum Gasteiger partial charge on any atom is 0.175 e. The van der Waals surface area contributed by atoms with E-state index in [1.807, 2.05) is 12.1 Å². The zero-order valence-electron chi connectivity index (χ0n) is 15.5. The number of hydrogen-bond acceptors (Lipinski definition) is 6. The molecule has 9 heteroatoms. The molecule has 0 bridgehead atoms. The van der Waals surface area contributed by atoms with Gasteiger partial charge in [0.15, 0.2) is 15.5 Å². The van der Waals surface area contributed by atoms with E-state index in [1.54, 1.807) is 28.9 Å². The molecule has 2 aromatic rings. The molecule has 0 amide bonds. The first kappa shape index (κ1) is 19.4. The molecule has 0 radical (unpaired) electrons. The van der Waals surface area contributed by atoms with Crippen LogP contribution in [0.2, 0.25) is 0 Å². The lowest BCUT2D eigenvalue weighted by molar-refractivity contribution is 0.455. The summed E-state index contributed by atoms with van der Waals surface area (Å²) >= 11 is 3.53. The number of rotatable bonds is 4. The molecular formula is C19H22BrN5O2S. The molecule has 2 aliphatic rings. The van der Waals surface area contributed by atoms with Crippen LogP contribution in [0.5, 0.6) is 0 Å². The van der Waals surface area contributed by atoms with E-state index >= 15 is 0 Å². The van der Waals surface area contributed by atoms with Crippen LogP contribution in [-0.2, 0) is 9.84 Å².